The molecule has 29 heavy (non-hydrogen) atoms. The van der Waals surface area contributed by atoms with Crippen molar-refractivity contribution in [2.24, 2.45) is 0 Å². The summed E-state index contributed by atoms with van der Waals surface area (Å²) in [5.41, 5.74) is 3.16. The second kappa shape index (κ2) is 9.01. The van der Waals surface area contributed by atoms with Crippen LogP contribution in [-0.4, -0.2) is 18.0 Å². The first kappa shape index (κ1) is 20.1. The molecule has 0 aliphatic rings. The molecule has 1 heterocycles. The fraction of sp³-hybridized carbons (Fsp3) is 0.174. The number of nitro groups is 1. The number of para-hydroxylation sites is 1. The smallest absolute Gasteiger partial charge is 0.345 e. The minimum Gasteiger partial charge on any atom is -0.422 e. The number of fused-ring (bicyclic) bond motifs is 1. The second-order valence-electron chi connectivity index (χ2n) is 6.42. The van der Waals surface area contributed by atoms with Gasteiger partial charge in [0.15, 0.2) is 0 Å². The molecule has 0 radical (unpaired) electrons. The van der Waals surface area contributed by atoms with Gasteiger partial charge in [0.1, 0.15) is 5.58 Å². The monoisotopic (exact) mass is 390 g/mol. The van der Waals surface area contributed by atoms with Crippen molar-refractivity contribution in [3.8, 4) is 0 Å². The maximum Gasteiger partial charge on any atom is 0.345 e. The van der Waals surface area contributed by atoms with Crippen molar-refractivity contribution in [3.05, 3.63) is 92.0 Å². The van der Waals surface area contributed by atoms with Gasteiger partial charge in [-0.2, -0.15) is 0 Å². The topological polar surface area (TPSA) is 76.6 Å². The molecule has 0 aliphatic heterocycles. The largest absolute Gasteiger partial charge is 0.422 e. The molecule has 0 atom stereocenters. The Hall–Kier alpha value is -3.67. The molecular weight excluding hydrogens is 368 g/mol. The summed E-state index contributed by atoms with van der Waals surface area (Å²) in [6, 6.07) is 14.8. The van der Waals surface area contributed by atoms with E-state index in [2.05, 4.69) is 18.7 Å². The fourth-order valence-corrected chi connectivity index (χ4v) is 3.22. The summed E-state index contributed by atoms with van der Waals surface area (Å²) in [6.07, 6.45) is 5.95. The normalized spacial score (nSPS) is 11.5. The molecule has 0 N–H and O–H groups in total. The first-order chi connectivity index (χ1) is 14.0. The highest BCUT2D eigenvalue weighted by Gasteiger charge is 2.16. The molecule has 3 rings (SSSR count). The van der Waals surface area contributed by atoms with Crippen molar-refractivity contribution in [1.29, 1.82) is 0 Å². The van der Waals surface area contributed by atoms with Crippen LogP contribution in [0.3, 0.4) is 0 Å². The van der Waals surface area contributed by atoms with E-state index < -0.39 is 4.92 Å². The zero-order valence-electron chi connectivity index (χ0n) is 16.4. The van der Waals surface area contributed by atoms with Gasteiger partial charge in [-0.1, -0.05) is 42.5 Å². The van der Waals surface area contributed by atoms with E-state index >= 15 is 0 Å². The number of rotatable bonds is 7. The molecule has 0 saturated carbocycles. The van der Waals surface area contributed by atoms with Crippen molar-refractivity contribution >= 4 is 34.9 Å². The van der Waals surface area contributed by atoms with Gasteiger partial charge >= 0.3 is 5.63 Å². The second-order valence-corrected chi connectivity index (χ2v) is 6.42. The summed E-state index contributed by atoms with van der Waals surface area (Å²) < 4.78 is 5.53. The quantitative estimate of drug-likeness (QED) is 0.320. The van der Waals surface area contributed by atoms with Gasteiger partial charge in [-0.25, -0.2) is 4.79 Å². The Balaban J connectivity index is 2.03. The highest BCUT2D eigenvalue weighted by molar-refractivity contribution is 5.96. The lowest BCUT2D eigenvalue weighted by atomic mass is 10.1. The predicted octanol–water partition coefficient (Wildman–Crippen LogP) is 5.06. The molecule has 0 unspecified atom stereocenters. The Kier molecular flexibility index (Phi) is 6.24. The lowest BCUT2D eigenvalue weighted by Gasteiger charge is -2.24. The van der Waals surface area contributed by atoms with E-state index in [1.54, 1.807) is 24.3 Å². The summed E-state index contributed by atoms with van der Waals surface area (Å²) >= 11 is 0. The molecule has 1 aromatic heterocycles. The van der Waals surface area contributed by atoms with Gasteiger partial charge in [-0.05, 0) is 43.2 Å². The van der Waals surface area contributed by atoms with Gasteiger partial charge in [0.2, 0.25) is 6.20 Å². The molecule has 0 aliphatic carbocycles. The molecule has 0 amide bonds. The van der Waals surface area contributed by atoms with Gasteiger partial charge in [0, 0.05) is 24.6 Å². The minimum absolute atomic E-state index is 0.382. The SMILES string of the molecule is CCN(CC)c1c(C=Cc2ccc(C=C[N+](=O)[O-])cc2)c(=O)oc2ccccc12. The molecular formula is C23H22N2O4. The molecule has 0 spiro atoms. The van der Waals surface area contributed by atoms with Crippen LogP contribution in [0.5, 0.6) is 0 Å². The van der Waals surface area contributed by atoms with E-state index in [1.807, 2.05) is 36.4 Å². The summed E-state index contributed by atoms with van der Waals surface area (Å²) in [5, 5.41) is 11.3. The minimum atomic E-state index is -0.498. The highest BCUT2D eigenvalue weighted by Crippen LogP contribution is 2.30. The van der Waals surface area contributed by atoms with Crippen LogP contribution < -0.4 is 10.5 Å². The Morgan fingerprint density at radius 3 is 2.21 bits per heavy atom. The summed E-state index contributed by atoms with van der Waals surface area (Å²) in [4.78, 5) is 24.8. The third-order valence-electron chi connectivity index (χ3n) is 4.67. The van der Waals surface area contributed by atoms with Gasteiger partial charge in [0.05, 0.1) is 16.2 Å². The van der Waals surface area contributed by atoms with Gasteiger partial charge in [-0.15, -0.1) is 0 Å². The summed E-state index contributed by atoms with van der Waals surface area (Å²) in [7, 11) is 0. The molecule has 6 heteroatoms. The van der Waals surface area contributed by atoms with E-state index in [1.165, 1.54) is 6.08 Å². The van der Waals surface area contributed by atoms with E-state index in [0.717, 1.165) is 41.5 Å². The molecule has 0 fully saturated rings. The summed E-state index contributed by atoms with van der Waals surface area (Å²) in [6.45, 7) is 5.64. The van der Waals surface area contributed by atoms with Gasteiger partial charge < -0.3 is 9.32 Å². The highest BCUT2D eigenvalue weighted by atomic mass is 16.6. The van der Waals surface area contributed by atoms with E-state index in [4.69, 9.17) is 4.42 Å². The average Bonchev–Trinajstić information content (AvgIpc) is 2.73. The fourth-order valence-electron chi connectivity index (χ4n) is 3.22. The van der Waals surface area contributed by atoms with Crippen LogP contribution in [0.4, 0.5) is 5.69 Å². The number of hydrogen-bond donors (Lipinski definition) is 0. The van der Waals surface area contributed by atoms with Crippen LogP contribution in [-0.2, 0) is 0 Å². The van der Waals surface area contributed by atoms with Crippen molar-refractivity contribution < 1.29 is 9.34 Å². The maximum absolute atomic E-state index is 12.7. The standard InChI is InChI=1S/C23H22N2O4/c1-3-24(4-2)22-19-7-5-6-8-21(19)29-23(26)20(22)14-13-17-9-11-18(12-10-17)15-16-25(27)28/h5-16H,3-4H2,1-2H3. The molecule has 148 valence electrons. The molecule has 3 aromatic rings. The van der Waals surface area contributed by atoms with Crippen LogP contribution in [0, 0.1) is 10.1 Å². The number of benzene rings is 2. The first-order valence-electron chi connectivity index (χ1n) is 9.44. The van der Waals surface area contributed by atoms with E-state index in [-0.39, 0.29) is 5.63 Å². The number of nitrogens with zero attached hydrogens (tertiary/aromatic N) is 2. The van der Waals surface area contributed by atoms with Crippen LogP contribution in [0.25, 0.3) is 29.2 Å². The Bertz CT molecular complexity index is 1120. The van der Waals surface area contributed by atoms with Gasteiger partial charge in [0.25, 0.3) is 0 Å². The predicted molar refractivity (Wildman–Crippen MR) is 117 cm³/mol. The van der Waals surface area contributed by atoms with Crippen LogP contribution >= 0.6 is 0 Å². The lowest BCUT2D eigenvalue weighted by Crippen LogP contribution is -2.25. The lowest BCUT2D eigenvalue weighted by molar-refractivity contribution is -0.400. The zero-order valence-corrected chi connectivity index (χ0v) is 16.4. The molecule has 0 saturated heterocycles. The van der Waals surface area contributed by atoms with Crippen molar-refractivity contribution in [2.45, 2.75) is 13.8 Å². The number of hydrogen-bond acceptors (Lipinski definition) is 5. The Morgan fingerprint density at radius 1 is 0.966 bits per heavy atom. The van der Waals surface area contributed by atoms with E-state index in [9.17, 15) is 14.9 Å². The van der Waals surface area contributed by atoms with E-state index in [0.29, 0.717) is 11.1 Å². The Morgan fingerprint density at radius 2 is 1.59 bits per heavy atom. The van der Waals surface area contributed by atoms with Gasteiger partial charge in [-0.3, -0.25) is 10.1 Å². The Labute approximate surface area is 168 Å². The molecule has 0 bridgehead atoms. The van der Waals surface area contributed by atoms with Crippen LogP contribution in [0.1, 0.15) is 30.5 Å². The average molecular weight is 390 g/mol. The molecule has 6 nitrogen and oxygen atoms in total. The van der Waals surface area contributed by atoms with Crippen LogP contribution in [0.2, 0.25) is 0 Å². The number of anilines is 1. The summed E-state index contributed by atoms with van der Waals surface area (Å²) in [5.74, 6) is 0. The van der Waals surface area contributed by atoms with Crippen molar-refractivity contribution in [2.75, 3.05) is 18.0 Å². The third kappa shape index (κ3) is 4.60. The maximum atomic E-state index is 12.7. The molecule has 2 aromatic carbocycles. The van der Waals surface area contributed by atoms with Crippen molar-refractivity contribution in [1.82, 2.24) is 0 Å². The first-order valence-corrected chi connectivity index (χ1v) is 9.44. The third-order valence-corrected chi connectivity index (χ3v) is 4.67. The zero-order chi connectivity index (χ0) is 20.8. The van der Waals surface area contributed by atoms with Crippen molar-refractivity contribution in [3.63, 3.8) is 0 Å². The van der Waals surface area contributed by atoms with Crippen LogP contribution in [0.15, 0.2) is 63.9 Å².